The average molecular weight is 215 g/mol. The number of nitrogens with two attached hydrogens (primary N) is 1. The highest BCUT2D eigenvalue weighted by Crippen LogP contribution is 2.19. The van der Waals surface area contributed by atoms with E-state index in [0.717, 1.165) is 0 Å². The summed E-state index contributed by atoms with van der Waals surface area (Å²) < 4.78 is 0.505. The molecule has 0 atom stereocenters. The Morgan fingerprint density at radius 3 is 2.73 bits per heavy atom. The Kier molecular flexibility index (Phi) is 2.24. The summed E-state index contributed by atoms with van der Waals surface area (Å²) in [5, 5.41) is 0. The van der Waals surface area contributed by atoms with Gasteiger partial charge in [-0.2, -0.15) is 0 Å². The zero-order valence-electron chi connectivity index (χ0n) is 5.97. The number of pyridine rings is 1. The number of nitrogens with zero attached hydrogens (tertiary/aromatic N) is 1. The number of rotatable bonds is 1. The highest BCUT2D eigenvalue weighted by molar-refractivity contribution is 9.10. The van der Waals surface area contributed by atoms with Crippen molar-refractivity contribution in [2.45, 2.75) is 6.92 Å². The predicted octanol–water partition coefficient (Wildman–Crippen LogP) is 1.63. The zero-order chi connectivity index (χ0) is 8.43. The first kappa shape index (κ1) is 8.20. The number of carbonyl (C=O) groups excluding carboxylic acids is 1. The third-order valence-corrected chi connectivity index (χ3v) is 1.89. The summed E-state index contributed by atoms with van der Waals surface area (Å²) in [5.41, 5.74) is 6.44. The molecule has 3 nitrogen and oxygen atoms in total. The van der Waals surface area contributed by atoms with Crippen molar-refractivity contribution in [3.63, 3.8) is 0 Å². The molecule has 1 aromatic heterocycles. The second kappa shape index (κ2) is 3.00. The Hall–Kier alpha value is -0.900. The molecular formula is C7H7BrN2O. The summed E-state index contributed by atoms with van der Waals surface area (Å²) >= 11 is 3.14. The number of hydrogen-bond acceptors (Lipinski definition) is 3. The third kappa shape index (κ3) is 1.57. The van der Waals surface area contributed by atoms with Gasteiger partial charge in [0.1, 0.15) is 4.60 Å². The fourth-order valence-corrected chi connectivity index (χ4v) is 1.42. The summed E-state index contributed by atoms with van der Waals surface area (Å²) in [6.45, 7) is 1.46. The van der Waals surface area contributed by atoms with Gasteiger partial charge in [-0.1, -0.05) is 0 Å². The van der Waals surface area contributed by atoms with Gasteiger partial charge in [-0.05, 0) is 28.9 Å². The average Bonchev–Trinajstić information content (AvgIpc) is 1.85. The van der Waals surface area contributed by atoms with Crippen molar-refractivity contribution >= 4 is 27.4 Å². The molecule has 0 spiro atoms. The molecule has 0 aliphatic rings. The van der Waals surface area contributed by atoms with Crippen LogP contribution in [0, 0.1) is 0 Å². The lowest BCUT2D eigenvalue weighted by Crippen LogP contribution is -2.01. The molecule has 0 aliphatic carbocycles. The zero-order valence-corrected chi connectivity index (χ0v) is 7.55. The molecule has 0 saturated carbocycles. The summed E-state index contributed by atoms with van der Waals surface area (Å²) in [6.07, 6.45) is 1.55. The summed E-state index contributed by atoms with van der Waals surface area (Å²) in [4.78, 5) is 14.8. The molecule has 0 amide bonds. The second-order valence-corrected chi connectivity index (χ2v) is 2.87. The van der Waals surface area contributed by atoms with Gasteiger partial charge >= 0.3 is 0 Å². The number of hydrogen-bond donors (Lipinski definition) is 1. The van der Waals surface area contributed by atoms with E-state index in [1.165, 1.54) is 6.92 Å². The van der Waals surface area contributed by atoms with E-state index in [0.29, 0.717) is 15.9 Å². The standard InChI is InChI=1S/C7H7BrN2O/c1-4(11)6-5(9)2-3-10-7(6)8/h2-3H,1H3,(H2,9,10). The monoisotopic (exact) mass is 214 g/mol. The Balaban J connectivity index is 3.32. The molecule has 4 heteroatoms. The molecule has 1 heterocycles. The Morgan fingerprint density at radius 1 is 1.73 bits per heavy atom. The van der Waals surface area contributed by atoms with Gasteiger partial charge in [-0.25, -0.2) is 4.98 Å². The van der Waals surface area contributed by atoms with Crippen molar-refractivity contribution in [1.29, 1.82) is 0 Å². The lowest BCUT2D eigenvalue weighted by atomic mass is 10.2. The molecule has 0 saturated heterocycles. The first-order valence-corrected chi connectivity index (χ1v) is 3.83. The molecule has 0 aliphatic heterocycles. The van der Waals surface area contributed by atoms with Crippen molar-refractivity contribution in [2.24, 2.45) is 0 Å². The van der Waals surface area contributed by atoms with Crippen LogP contribution in [0.4, 0.5) is 5.69 Å². The Bertz CT molecular complexity index is 278. The van der Waals surface area contributed by atoms with Gasteiger partial charge in [0.2, 0.25) is 0 Å². The number of Topliss-reactive ketones (excluding diaryl/α,β-unsaturated/α-hetero) is 1. The molecule has 0 aromatic carbocycles. The number of carbonyl (C=O) groups is 1. The number of aromatic nitrogens is 1. The van der Waals surface area contributed by atoms with E-state index < -0.39 is 0 Å². The quantitative estimate of drug-likeness (QED) is 0.572. The van der Waals surface area contributed by atoms with Crippen LogP contribution in [0.2, 0.25) is 0 Å². The second-order valence-electron chi connectivity index (χ2n) is 2.12. The Labute approximate surface area is 72.7 Å². The van der Waals surface area contributed by atoms with Gasteiger partial charge in [0.25, 0.3) is 0 Å². The van der Waals surface area contributed by atoms with E-state index in [4.69, 9.17) is 5.73 Å². The maximum absolute atomic E-state index is 10.9. The first-order valence-electron chi connectivity index (χ1n) is 3.04. The molecule has 0 fully saturated rings. The largest absolute Gasteiger partial charge is 0.398 e. The van der Waals surface area contributed by atoms with E-state index in [1.54, 1.807) is 12.3 Å². The first-order chi connectivity index (χ1) is 5.13. The smallest absolute Gasteiger partial charge is 0.164 e. The highest BCUT2D eigenvalue weighted by atomic mass is 79.9. The molecule has 58 valence electrons. The van der Waals surface area contributed by atoms with E-state index in [1.807, 2.05) is 0 Å². The van der Waals surface area contributed by atoms with Gasteiger partial charge in [-0.15, -0.1) is 0 Å². The maximum atomic E-state index is 10.9. The van der Waals surface area contributed by atoms with E-state index in [-0.39, 0.29) is 5.78 Å². The van der Waals surface area contributed by atoms with Gasteiger partial charge in [-0.3, -0.25) is 4.79 Å². The number of halogens is 1. The van der Waals surface area contributed by atoms with Crippen LogP contribution < -0.4 is 5.73 Å². The van der Waals surface area contributed by atoms with Crippen molar-refractivity contribution in [3.05, 3.63) is 22.4 Å². The SMILES string of the molecule is CC(=O)c1c(N)ccnc1Br. The fourth-order valence-electron chi connectivity index (χ4n) is 0.799. The molecule has 0 radical (unpaired) electrons. The molecule has 2 N–H and O–H groups in total. The minimum atomic E-state index is -0.0810. The normalized spacial score (nSPS) is 9.64. The van der Waals surface area contributed by atoms with E-state index >= 15 is 0 Å². The lowest BCUT2D eigenvalue weighted by Gasteiger charge is -2.01. The molecule has 1 aromatic rings. The third-order valence-electron chi connectivity index (χ3n) is 1.29. The minimum absolute atomic E-state index is 0.0810. The van der Waals surface area contributed by atoms with Crippen LogP contribution in [0.15, 0.2) is 16.9 Å². The maximum Gasteiger partial charge on any atom is 0.164 e. The van der Waals surface area contributed by atoms with Crippen LogP contribution in [-0.4, -0.2) is 10.8 Å². The summed E-state index contributed by atoms with van der Waals surface area (Å²) in [5.74, 6) is -0.0810. The van der Waals surface area contributed by atoms with Crippen molar-refractivity contribution < 1.29 is 4.79 Å². The fraction of sp³-hybridized carbons (Fsp3) is 0.143. The summed E-state index contributed by atoms with van der Waals surface area (Å²) in [6, 6.07) is 1.60. The van der Waals surface area contributed by atoms with Crippen molar-refractivity contribution in [1.82, 2.24) is 4.98 Å². The predicted molar refractivity (Wildman–Crippen MR) is 46.4 cm³/mol. The van der Waals surface area contributed by atoms with E-state index in [2.05, 4.69) is 20.9 Å². The van der Waals surface area contributed by atoms with E-state index in [9.17, 15) is 4.79 Å². The van der Waals surface area contributed by atoms with Crippen molar-refractivity contribution in [2.75, 3.05) is 5.73 Å². The van der Waals surface area contributed by atoms with Crippen LogP contribution in [0.1, 0.15) is 17.3 Å². The van der Waals surface area contributed by atoms with Gasteiger partial charge in [0.05, 0.1) is 5.56 Å². The van der Waals surface area contributed by atoms with Gasteiger partial charge in [0.15, 0.2) is 5.78 Å². The van der Waals surface area contributed by atoms with Crippen LogP contribution >= 0.6 is 15.9 Å². The molecule has 0 bridgehead atoms. The Morgan fingerprint density at radius 2 is 2.36 bits per heavy atom. The molecule has 0 unspecified atom stereocenters. The lowest BCUT2D eigenvalue weighted by molar-refractivity contribution is 0.101. The highest BCUT2D eigenvalue weighted by Gasteiger charge is 2.08. The number of nitrogen functional groups attached to an aromatic ring is 1. The molecule has 11 heavy (non-hydrogen) atoms. The van der Waals surface area contributed by atoms with Crippen LogP contribution in [0.5, 0.6) is 0 Å². The van der Waals surface area contributed by atoms with Crippen LogP contribution in [-0.2, 0) is 0 Å². The molecular weight excluding hydrogens is 208 g/mol. The van der Waals surface area contributed by atoms with Crippen LogP contribution in [0.25, 0.3) is 0 Å². The summed E-state index contributed by atoms with van der Waals surface area (Å²) in [7, 11) is 0. The van der Waals surface area contributed by atoms with Gasteiger partial charge < -0.3 is 5.73 Å². The number of anilines is 1. The van der Waals surface area contributed by atoms with Crippen molar-refractivity contribution in [3.8, 4) is 0 Å². The topological polar surface area (TPSA) is 56.0 Å². The van der Waals surface area contributed by atoms with Crippen LogP contribution in [0.3, 0.4) is 0 Å². The molecule has 1 rings (SSSR count). The van der Waals surface area contributed by atoms with Gasteiger partial charge in [0, 0.05) is 11.9 Å². The minimum Gasteiger partial charge on any atom is -0.398 e. The number of ketones is 1.